The molecule has 116 valence electrons. The van der Waals surface area contributed by atoms with Gasteiger partial charge in [0.05, 0.1) is 9.40 Å². The van der Waals surface area contributed by atoms with Gasteiger partial charge in [0.1, 0.15) is 0 Å². The summed E-state index contributed by atoms with van der Waals surface area (Å²) in [6.07, 6.45) is 4.06. The predicted molar refractivity (Wildman–Crippen MR) is 106 cm³/mol. The summed E-state index contributed by atoms with van der Waals surface area (Å²) in [5, 5.41) is 2.86. The molecular weight excluding hydrogens is 318 g/mol. The Morgan fingerprint density at radius 1 is 0.783 bits per heavy atom. The average molecular weight is 338 g/mol. The van der Waals surface area contributed by atoms with Crippen molar-refractivity contribution in [1.29, 1.82) is 0 Å². The first-order valence-electron chi connectivity index (χ1n) is 8.40. The quantitative estimate of drug-likeness (QED) is 0.380. The second-order valence-electron chi connectivity index (χ2n) is 6.59. The zero-order chi connectivity index (χ0) is 15.4. The number of hydrogen-bond acceptors (Lipinski definition) is 3. The van der Waals surface area contributed by atoms with Crippen LogP contribution in [0.4, 0.5) is 5.69 Å². The molecule has 2 aromatic carbocycles. The molecular formula is C20H19NS2. The molecule has 0 bridgehead atoms. The van der Waals surface area contributed by atoms with Gasteiger partial charge in [0.2, 0.25) is 0 Å². The molecule has 1 aliphatic heterocycles. The molecule has 0 radical (unpaired) electrons. The highest BCUT2D eigenvalue weighted by Gasteiger charge is 2.15. The molecule has 0 unspecified atom stereocenters. The van der Waals surface area contributed by atoms with Gasteiger partial charge in [-0.2, -0.15) is 0 Å². The van der Waals surface area contributed by atoms with E-state index in [9.17, 15) is 0 Å². The lowest BCUT2D eigenvalue weighted by atomic mass is 10.1. The Morgan fingerprint density at radius 2 is 1.43 bits per heavy atom. The van der Waals surface area contributed by atoms with Gasteiger partial charge in [0.25, 0.3) is 0 Å². The van der Waals surface area contributed by atoms with Gasteiger partial charge in [-0.3, -0.25) is 0 Å². The molecule has 1 fully saturated rings. The van der Waals surface area contributed by atoms with Gasteiger partial charge in [0.15, 0.2) is 0 Å². The van der Waals surface area contributed by atoms with Crippen LogP contribution in [0.1, 0.15) is 24.8 Å². The first-order valence-corrected chi connectivity index (χ1v) is 10.0. The summed E-state index contributed by atoms with van der Waals surface area (Å²) in [4.78, 5) is 2.55. The Morgan fingerprint density at radius 3 is 2.17 bits per heavy atom. The van der Waals surface area contributed by atoms with E-state index in [1.165, 1.54) is 73.2 Å². The standard InChI is InChI=1S/C20H19NS2/c1-13-5-7-15-17(11-13)22-20-16-8-6-14(12-18(16)23-19(15)20)21-9-3-2-4-10-21/h5-8,11-12H,2-4,9-10H2,1H3. The third-order valence-electron chi connectivity index (χ3n) is 4.94. The lowest BCUT2D eigenvalue weighted by Gasteiger charge is -2.28. The van der Waals surface area contributed by atoms with E-state index in [0.29, 0.717) is 0 Å². The van der Waals surface area contributed by atoms with Crippen molar-refractivity contribution in [2.24, 2.45) is 0 Å². The Bertz CT molecular complexity index is 1020. The second kappa shape index (κ2) is 5.22. The summed E-state index contributed by atoms with van der Waals surface area (Å²) in [5.74, 6) is 0. The van der Waals surface area contributed by atoms with Gasteiger partial charge in [-0.05, 0) is 49.9 Å². The summed E-state index contributed by atoms with van der Waals surface area (Å²) >= 11 is 3.92. The number of aryl methyl sites for hydroxylation is 1. The van der Waals surface area contributed by atoms with Crippen molar-refractivity contribution < 1.29 is 0 Å². The van der Waals surface area contributed by atoms with Crippen LogP contribution < -0.4 is 4.90 Å². The number of piperidine rings is 1. The topological polar surface area (TPSA) is 3.24 Å². The summed E-state index contributed by atoms with van der Waals surface area (Å²) in [6.45, 7) is 4.61. The van der Waals surface area contributed by atoms with Crippen LogP contribution in [-0.4, -0.2) is 13.1 Å². The zero-order valence-electron chi connectivity index (χ0n) is 13.3. The van der Waals surface area contributed by atoms with Gasteiger partial charge in [-0.25, -0.2) is 0 Å². The van der Waals surface area contributed by atoms with Gasteiger partial charge < -0.3 is 4.90 Å². The number of rotatable bonds is 1. The number of fused-ring (bicyclic) bond motifs is 5. The lowest BCUT2D eigenvalue weighted by molar-refractivity contribution is 0.578. The molecule has 0 aliphatic carbocycles. The maximum Gasteiger partial charge on any atom is 0.0542 e. The van der Waals surface area contributed by atoms with Crippen LogP contribution in [0.5, 0.6) is 0 Å². The molecule has 1 aliphatic rings. The highest BCUT2D eigenvalue weighted by Crippen LogP contribution is 2.45. The van der Waals surface area contributed by atoms with E-state index in [1.807, 2.05) is 22.7 Å². The fourth-order valence-corrected chi connectivity index (χ4v) is 6.49. The molecule has 1 nitrogen and oxygen atoms in total. The minimum absolute atomic E-state index is 1.22. The summed E-state index contributed by atoms with van der Waals surface area (Å²) < 4.78 is 5.80. The van der Waals surface area contributed by atoms with Crippen LogP contribution in [0.2, 0.25) is 0 Å². The molecule has 3 heteroatoms. The minimum atomic E-state index is 1.22. The molecule has 0 saturated carbocycles. The van der Waals surface area contributed by atoms with Crippen LogP contribution in [-0.2, 0) is 0 Å². The van der Waals surface area contributed by atoms with Gasteiger partial charge in [0, 0.05) is 38.9 Å². The van der Waals surface area contributed by atoms with Crippen molar-refractivity contribution in [3.05, 3.63) is 42.0 Å². The van der Waals surface area contributed by atoms with Crippen molar-refractivity contribution in [3.8, 4) is 0 Å². The average Bonchev–Trinajstić information content (AvgIpc) is 3.10. The normalized spacial score (nSPS) is 16.0. The summed E-state index contributed by atoms with van der Waals surface area (Å²) in [6, 6.07) is 13.9. The van der Waals surface area contributed by atoms with Crippen LogP contribution in [0, 0.1) is 6.92 Å². The number of anilines is 1. The third-order valence-corrected chi connectivity index (χ3v) is 7.44. The van der Waals surface area contributed by atoms with Crippen molar-refractivity contribution in [2.75, 3.05) is 18.0 Å². The largest absolute Gasteiger partial charge is 0.371 e. The molecule has 5 rings (SSSR count). The molecule has 0 N–H and O–H groups in total. The molecule has 3 heterocycles. The Hall–Kier alpha value is -1.58. The fraction of sp³-hybridized carbons (Fsp3) is 0.300. The van der Waals surface area contributed by atoms with E-state index in [0.717, 1.165) is 0 Å². The van der Waals surface area contributed by atoms with Crippen LogP contribution in [0.15, 0.2) is 36.4 Å². The number of hydrogen-bond donors (Lipinski definition) is 0. The first kappa shape index (κ1) is 13.8. The second-order valence-corrected chi connectivity index (χ2v) is 8.69. The first-order chi connectivity index (χ1) is 11.3. The highest BCUT2D eigenvalue weighted by atomic mass is 32.1. The van der Waals surface area contributed by atoms with Crippen molar-refractivity contribution >= 4 is 57.9 Å². The van der Waals surface area contributed by atoms with Gasteiger partial charge in [-0.1, -0.05) is 18.2 Å². The van der Waals surface area contributed by atoms with Gasteiger partial charge >= 0.3 is 0 Å². The highest BCUT2D eigenvalue weighted by molar-refractivity contribution is 7.36. The van der Waals surface area contributed by atoms with E-state index in [1.54, 1.807) is 0 Å². The molecule has 0 spiro atoms. The Balaban J connectivity index is 1.70. The predicted octanol–water partition coefficient (Wildman–Crippen LogP) is 6.57. The lowest BCUT2D eigenvalue weighted by Crippen LogP contribution is -2.29. The third kappa shape index (κ3) is 2.18. The van der Waals surface area contributed by atoms with E-state index in [-0.39, 0.29) is 0 Å². The SMILES string of the molecule is Cc1ccc2c(c1)sc1c3ccc(N4CCCCC4)cc3sc21. The fourth-order valence-electron chi connectivity index (χ4n) is 3.70. The van der Waals surface area contributed by atoms with E-state index in [4.69, 9.17) is 0 Å². The molecule has 1 saturated heterocycles. The van der Waals surface area contributed by atoms with Crippen LogP contribution >= 0.6 is 22.7 Å². The monoisotopic (exact) mass is 337 g/mol. The van der Waals surface area contributed by atoms with E-state index in [2.05, 4.69) is 48.2 Å². The van der Waals surface area contributed by atoms with Gasteiger partial charge in [-0.15, -0.1) is 22.7 Å². The Kier molecular flexibility index (Phi) is 3.14. The molecule has 4 aromatic rings. The van der Waals surface area contributed by atoms with Crippen LogP contribution in [0.25, 0.3) is 29.6 Å². The van der Waals surface area contributed by atoms with Crippen molar-refractivity contribution in [3.63, 3.8) is 0 Å². The van der Waals surface area contributed by atoms with E-state index >= 15 is 0 Å². The van der Waals surface area contributed by atoms with Crippen LogP contribution in [0.3, 0.4) is 0 Å². The smallest absolute Gasteiger partial charge is 0.0542 e. The van der Waals surface area contributed by atoms with Crippen molar-refractivity contribution in [2.45, 2.75) is 26.2 Å². The van der Waals surface area contributed by atoms with Crippen molar-refractivity contribution in [1.82, 2.24) is 0 Å². The molecule has 2 aromatic heterocycles. The minimum Gasteiger partial charge on any atom is -0.371 e. The summed E-state index contributed by atoms with van der Waals surface area (Å²) in [5.41, 5.74) is 2.76. The number of nitrogens with zero attached hydrogens (tertiary/aromatic N) is 1. The maximum absolute atomic E-state index is 2.55. The zero-order valence-corrected chi connectivity index (χ0v) is 14.9. The van der Waals surface area contributed by atoms with E-state index < -0.39 is 0 Å². The number of thiophene rings is 2. The molecule has 0 amide bonds. The Labute approximate surface area is 144 Å². The molecule has 23 heavy (non-hydrogen) atoms. The number of benzene rings is 2. The summed E-state index contributed by atoms with van der Waals surface area (Å²) in [7, 11) is 0. The molecule has 0 atom stereocenters. The maximum atomic E-state index is 2.55.